The maximum absolute atomic E-state index is 12.2. The molecule has 4 rings (SSSR count). The van der Waals surface area contributed by atoms with E-state index in [2.05, 4.69) is 58.0 Å². The van der Waals surface area contributed by atoms with E-state index in [0.717, 1.165) is 33.7 Å². The molecular weight excluding hydrogens is 370 g/mol. The monoisotopic (exact) mass is 397 g/mol. The fourth-order valence-electron chi connectivity index (χ4n) is 4.16. The molecule has 0 spiro atoms. The number of aliphatic imine (C=N–C) groups is 1. The first-order valence-electron chi connectivity index (χ1n) is 10.5. The van der Waals surface area contributed by atoms with Crippen LogP contribution >= 0.6 is 0 Å². The van der Waals surface area contributed by atoms with Crippen LogP contribution < -0.4 is 0 Å². The van der Waals surface area contributed by atoms with Gasteiger partial charge in [-0.1, -0.05) is 76.2 Å². The number of hydrogen-bond acceptors (Lipinski definition) is 3. The fourth-order valence-corrected chi connectivity index (χ4v) is 4.16. The van der Waals surface area contributed by atoms with E-state index in [1.165, 1.54) is 18.2 Å². The number of esters is 1. The topological polar surface area (TPSA) is 38.7 Å². The number of carbonyl (C=O) groups excluding carboxylic acids is 1. The summed E-state index contributed by atoms with van der Waals surface area (Å²) in [7, 11) is 1.41. The van der Waals surface area contributed by atoms with E-state index in [-0.39, 0.29) is 5.97 Å². The van der Waals surface area contributed by atoms with Crippen LogP contribution in [0.25, 0.3) is 11.1 Å². The van der Waals surface area contributed by atoms with Crippen molar-refractivity contribution in [2.75, 3.05) is 7.11 Å². The van der Waals surface area contributed by atoms with Gasteiger partial charge >= 0.3 is 5.97 Å². The van der Waals surface area contributed by atoms with Crippen LogP contribution in [-0.4, -0.2) is 18.8 Å². The van der Waals surface area contributed by atoms with Gasteiger partial charge in [0.2, 0.25) is 0 Å². The second-order valence-corrected chi connectivity index (χ2v) is 8.35. The van der Waals surface area contributed by atoms with Crippen LogP contribution in [0.4, 0.5) is 5.69 Å². The maximum Gasteiger partial charge on any atom is 0.337 e. The van der Waals surface area contributed by atoms with Crippen molar-refractivity contribution in [3.8, 4) is 11.1 Å². The molecule has 0 amide bonds. The van der Waals surface area contributed by atoms with Crippen molar-refractivity contribution in [3.63, 3.8) is 0 Å². The van der Waals surface area contributed by atoms with E-state index in [9.17, 15) is 4.79 Å². The van der Waals surface area contributed by atoms with Crippen LogP contribution in [0.15, 0.2) is 65.7 Å². The Morgan fingerprint density at radius 2 is 1.37 bits per heavy atom. The Morgan fingerprint density at radius 3 is 1.97 bits per heavy atom. The standard InChI is InChI=1S/C27H27NO2/c1-16(2)19-11-8-12-20(17(3)4)25(19)28-26-23-10-7-6-9-21(23)22-14-13-18(15-24(22)26)27(29)30-5/h6-17H,1-5H3. The van der Waals surface area contributed by atoms with Crippen molar-refractivity contribution in [1.82, 2.24) is 0 Å². The molecule has 0 N–H and O–H groups in total. The SMILES string of the molecule is COC(=O)c1ccc2c(c1)C(=Nc1c(C(C)C)cccc1C(C)C)c1ccccc1-2. The van der Waals surface area contributed by atoms with Crippen molar-refractivity contribution in [3.05, 3.63) is 88.5 Å². The minimum absolute atomic E-state index is 0.335. The lowest BCUT2D eigenvalue weighted by molar-refractivity contribution is 0.0600. The first kappa shape index (κ1) is 20.1. The number of para-hydroxylation sites is 1. The summed E-state index contributed by atoms with van der Waals surface area (Å²) in [6.45, 7) is 8.81. The van der Waals surface area contributed by atoms with Gasteiger partial charge in [0, 0.05) is 11.1 Å². The molecule has 0 heterocycles. The van der Waals surface area contributed by atoms with Crippen molar-refractivity contribution in [1.29, 1.82) is 0 Å². The second-order valence-electron chi connectivity index (χ2n) is 8.35. The van der Waals surface area contributed by atoms with E-state index in [1.807, 2.05) is 30.3 Å². The summed E-state index contributed by atoms with van der Waals surface area (Å²) in [6, 6.07) is 20.5. The summed E-state index contributed by atoms with van der Waals surface area (Å²) < 4.78 is 4.95. The molecular formula is C27H27NO2. The van der Waals surface area contributed by atoms with Crippen LogP contribution in [-0.2, 0) is 4.74 Å². The van der Waals surface area contributed by atoms with Gasteiger partial charge in [0.15, 0.2) is 0 Å². The normalized spacial score (nSPS) is 13.6. The van der Waals surface area contributed by atoms with Gasteiger partial charge in [0.25, 0.3) is 0 Å². The number of benzene rings is 3. The number of fused-ring (bicyclic) bond motifs is 3. The minimum atomic E-state index is -0.335. The number of nitrogens with zero attached hydrogens (tertiary/aromatic N) is 1. The zero-order valence-electron chi connectivity index (χ0n) is 18.2. The van der Waals surface area contributed by atoms with E-state index in [1.54, 1.807) is 0 Å². The van der Waals surface area contributed by atoms with E-state index >= 15 is 0 Å². The van der Waals surface area contributed by atoms with E-state index < -0.39 is 0 Å². The molecule has 0 radical (unpaired) electrons. The van der Waals surface area contributed by atoms with Gasteiger partial charge in [0.1, 0.15) is 0 Å². The van der Waals surface area contributed by atoms with Gasteiger partial charge in [-0.15, -0.1) is 0 Å². The van der Waals surface area contributed by atoms with Crippen LogP contribution in [0.3, 0.4) is 0 Å². The number of carbonyl (C=O) groups is 1. The summed E-state index contributed by atoms with van der Waals surface area (Å²) in [5.74, 6) is 0.389. The summed E-state index contributed by atoms with van der Waals surface area (Å²) >= 11 is 0. The molecule has 3 aromatic carbocycles. The summed E-state index contributed by atoms with van der Waals surface area (Å²) in [6.07, 6.45) is 0. The Hall–Kier alpha value is -3.20. The molecule has 1 aliphatic carbocycles. The van der Waals surface area contributed by atoms with E-state index in [0.29, 0.717) is 17.4 Å². The minimum Gasteiger partial charge on any atom is -0.465 e. The van der Waals surface area contributed by atoms with Crippen LogP contribution in [0.1, 0.15) is 72.1 Å². The predicted molar refractivity (Wildman–Crippen MR) is 123 cm³/mol. The number of ether oxygens (including phenoxy) is 1. The first-order chi connectivity index (χ1) is 14.4. The Balaban J connectivity index is 2.01. The Kier molecular flexibility index (Phi) is 5.29. The van der Waals surface area contributed by atoms with Crippen molar-refractivity contribution in [2.24, 2.45) is 4.99 Å². The van der Waals surface area contributed by atoms with Gasteiger partial charge in [-0.3, -0.25) is 0 Å². The lowest BCUT2D eigenvalue weighted by Crippen LogP contribution is -2.05. The molecule has 1 aliphatic rings. The second kappa shape index (κ2) is 7.91. The average molecular weight is 398 g/mol. The van der Waals surface area contributed by atoms with Gasteiger partial charge in [-0.05, 0) is 46.2 Å². The Morgan fingerprint density at radius 1 is 0.767 bits per heavy atom. The number of rotatable bonds is 4. The van der Waals surface area contributed by atoms with Gasteiger partial charge < -0.3 is 4.74 Å². The highest BCUT2D eigenvalue weighted by Gasteiger charge is 2.27. The van der Waals surface area contributed by atoms with E-state index in [4.69, 9.17) is 9.73 Å². The fraction of sp³-hybridized carbons (Fsp3) is 0.259. The zero-order chi connectivity index (χ0) is 21.4. The summed E-state index contributed by atoms with van der Waals surface area (Å²) in [5, 5.41) is 0. The average Bonchev–Trinajstić information content (AvgIpc) is 3.06. The molecule has 3 nitrogen and oxygen atoms in total. The zero-order valence-corrected chi connectivity index (χ0v) is 18.2. The van der Waals surface area contributed by atoms with Gasteiger partial charge in [-0.2, -0.15) is 0 Å². The van der Waals surface area contributed by atoms with Crippen LogP contribution in [0.5, 0.6) is 0 Å². The third-order valence-electron chi connectivity index (χ3n) is 5.73. The lowest BCUT2D eigenvalue weighted by Gasteiger charge is -2.17. The molecule has 0 aliphatic heterocycles. The van der Waals surface area contributed by atoms with Gasteiger partial charge in [0.05, 0.1) is 24.1 Å². The van der Waals surface area contributed by atoms with Crippen molar-refractivity contribution < 1.29 is 9.53 Å². The molecule has 0 unspecified atom stereocenters. The molecule has 0 bridgehead atoms. The quantitative estimate of drug-likeness (QED) is 0.352. The van der Waals surface area contributed by atoms with Gasteiger partial charge in [-0.25, -0.2) is 9.79 Å². The molecule has 0 saturated heterocycles. The maximum atomic E-state index is 12.2. The molecule has 0 fully saturated rings. The largest absolute Gasteiger partial charge is 0.465 e. The highest BCUT2D eigenvalue weighted by atomic mass is 16.5. The third-order valence-corrected chi connectivity index (χ3v) is 5.73. The molecule has 0 aromatic heterocycles. The predicted octanol–water partition coefficient (Wildman–Crippen LogP) is 6.87. The molecule has 30 heavy (non-hydrogen) atoms. The first-order valence-corrected chi connectivity index (χ1v) is 10.5. The smallest absolute Gasteiger partial charge is 0.337 e. The van der Waals surface area contributed by atoms with Crippen LogP contribution in [0.2, 0.25) is 0 Å². The molecule has 3 heteroatoms. The summed E-state index contributed by atoms with van der Waals surface area (Å²) in [5.41, 5.74) is 9.31. The van der Waals surface area contributed by atoms with Crippen molar-refractivity contribution >= 4 is 17.4 Å². The molecule has 0 atom stereocenters. The summed E-state index contributed by atoms with van der Waals surface area (Å²) in [4.78, 5) is 17.4. The number of methoxy groups -OCH3 is 1. The molecule has 3 aromatic rings. The highest BCUT2D eigenvalue weighted by molar-refractivity contribution is 6.25. The Bertz CT molecular complexity index is 1130. The Labute approximate surface area is 178 Å². The molecule has 0 saturated carbocycles. The van der Waals surface area contributed by atoms with Crippen molar-refractivity contribution in [2.45, 2.75) is 39.5 Å². The lowest BCUT2D eigenvalue weighted by atomic mass is 9.92. The highest BCUT2D eigenvalue weighted by Crippen LogP contribution is 2.41. The number of hydrogen-bond donors (Lipinski definition) is 0. The molecule has 152 valence electrons. The van der Waals surface area contributed by atoms with Crippen LogP contribution in [0, 0.1) is 0 Å². The third kappa shape index (κ3) is 3.35.